The number of carboxylic acids is 1. The van der Waals surface area contributed by atoms with Crippen molar-refractivity contribution >= 4 is 11.9 Å². The lowest BCUT2D eigenvalue weighted by Gasteiger charge is -2.23. The van der Waals surface area contributed by atoms with Crippen molar-refractivity contribution in [3.8, 4) is 0 Å². The van der Waals surface area contributed by atoms with Gasteiger partial charge in [0.1, 0.15) is 0 Å². The van der Waals surface area contributed by atoms with Crippen LogP contribution in [0.1, 0.15) is 25.0 Å². The fourth-order valence-electron chi connectivity index (χ4n) is 1.58. The summed E-state index contributed by atoms with van der Waals surface area (Å²) in [4.78, 5) is 22.7. The summed E-state index contributed by atoms with van der Waals surface area (Å²) in [6.45, 7) is 3.89. The minimum Gasteiger partial charge on any atom is -0.481 e. The maximum Gasteiger partial charge on any atom is 0.307 e. The number of carboxylic acid groups (broad SMARTS) is 1. The highest BCUT2D eigenvalue weighted by Crippen LogP contribution is 2.10. The number of carbonyl (C=O) groups excluding carboxylic acids is 1. The van der Waals surface area contributed by atoms with Gasteiger partial charge in [0.15, 0.2) is 0 Å². The van der Waals surface area contributed by atoms with Crippen LogP contribution in [0.4, 0.5) is 0 Å². The zero-order valence-corrected chi connectivity index (χ0v) is 11.5. The highest BCUT2D eigenvalue weighted by molar-refractivity contribution is 5.85. The van der Waals surface area contributed by atoms with E-state index in [1.165, 1.54) is 0 Å². The largest absolute Gasteiger partial charge is 0.481 e. The predicted molar refractivity (Wildman–Crippen MR) is 72.8 cm³/mol. The van der Waals surface area contributed by atoms with E-state index in [1.807, 2.05) is 12.1 Å². The highest BCUT2D eigenvalue weighted by atomic mass is 16.4. The van der Waals surface area contributed by atoms with E-state index in [2.05, 4.69) is 10.6 Å². The number of benzene rings is 1. The van der Waals surface area contributed by atoms with E-state index in [9.17, 15) is 9.59 Å². The van der Waals surface area contributed by atoms with Gasteiger partial charge < -0.3 is 15.7 Å². The topological polar surface area (TPSA) is 78.4 Å². The molecule has 0 aliphatic carbocycles. The quantitative estimate of drug-likeness (QED) is 0.714. The van der Waals surface area contributed by atoms with Crippen molar-refractivity contribution in [2.24, 2.45) is 0 Å². The molecule has 1 amide bonds. The third-order valence-corrected chi connectivity index (χ3v) is 3.09. The van der Waals surface area contributed by atoms with Gasteiger partial charge in [-0.3, -0.25) is 9.59 Å². The SMILES string of the molecule is CNC(C)(C)C(=O)NCc1ccccc1CC(=O)O. The van der Waals surface area contributed by atoms with E-state index in [4.69, 9.17) is 5.11 Å². The third-order valence-electron chi connectivity index (χ3n) is 3.09. The Bertz CT molecular complexity index is 470. The van der Waals surface area contributed by atoms with E-state index >= 15 is 0 Å². The normalized spacial score (nSPS) is 11.1. The third kappa shape index (κ3) is 4.37. The minimum absolute atomic E-state index is 0.0402. The molecule has 0 heterocycles. The first-order valence-electron chi connectivity index (χ1n) is 6.12. The molecule has 0 aliphatic rings. The molecule has 1 aromatic rings. The Balaban J connectivity index is 2.73. The van der Waals surface area contributed by atoms with Gasteiger partial charge in [0.25, 0.3) is 0 Å². The van der Waals surface area contributed by atoms with Crippen LogP contribution < -0.4 is 10.6 Å². The summed E-state index contributed by atoms with van der Waals surface area (Å²) in [7, 11) is 1.72. The van der Waals surface area contributed by atoms with Gasteiger partial charge in [-0.1, -0.05) is 24.3 Å². The van der Waals surface area contributed by atoms with Gasteiger partial charge in [0.05, 0.1) is 12.0 Å². The van der Waals surface area contributed by atoms with E-state index in [0.717, 1.165) is 11.1 Å². The number of hydrogen-bond acceptors (Lipinski definition) is 3. The first kappa shape index (κ1) is 15.2. The standard InChI is InChI=1S/C14H20N2O3/c1-14(2,15-3)13(19)16-9-11-7-5-4-6-10(11)8-12(17)18/h4-7,15H,8-9H2,1-3H3,(H,16,19)(H,17,18). The first-order chi connectivity index (χ1) is 8.86. The minimum atomic E-state index is -0.880. The molecule has 0 unspecified atom stereocenters. The molecule has 0 atom stereocenters. The molecular weight excluding hydrogens is 244 g/mol. The zero-order chi connectivity index (χ0) is 14.5. The van der Waals surface area contributed by atoms with Crippen LogP contribution in [-0.2, 0) is 22.6 Å². The second-order valence-corrected chi connectivity index (χ2v) is 4.90. The number of rotatable bonds is 6. The summed E-state index contributed by atoms with van der Waals surface area (Å²) >= 11 is 0. The van der Waals surface area contributed by atoms with Gasteiger partial charge >= 0.3 is 5.97 Å². The molecule has 0 aromatic heterocycles. The van der Waals surface area contributed by atoms with Gasteiger partial charge in [-0.05, 0) is 32.0 Å². The average molecular weight is 264 g/mol. The molecule has 19 heavy (non-hydrogen) atoms. The van der Waals surface area contributed by atoms with Crippen molar-refractivity contribution in [3.05, 3.63) is 35.4 Å². The van der Waals surface area contributed by atoms with Crippen LogP contribution in [0.25, 0.3) is 0 Å². The fourth-order valence-corrected chi connectivity index (χ4v) is 1.58. The van der Waals surface area contributed by atoms with Crippen LogP contribution in [0.2, 0.25) is 0 Å². The van der Waals surface area contributed by atoms with E-state index < -0.39 is 11.5 Å². The molecule has 0 aliphatic heterocycles. The maximum absolute atomic E-state index is 11.9. The molecular formula is C14H20N2O3. The molecule has 5 nitrogen and oxygen atoms in total. The van der Waals surface area contributed by atoms with Crippen LogP contribution in [0.15, 0.2) is 24.3 Å². The number of carbonyl (C=O) groups is 2. The number of hydrogen-bond donors (Lipinski definition) is 3. The van der Waals surface area contributed by atoms with Gasteiger partial charge in [0.2, 0.25) is 5.91 Å². The molecule has 104 valence electrons. The summed E-state index contributed by atoms with van der Waals surface area (Å²) in [6.07, 6.45) is -0.0402. The molecule has 0 saturated carbocycles. The molecule has 5 heteroatoms. The maximum atomic E-state index is 11.9. The zero-order valence-electron chi connectivity index (χ0n) is 11.5. The second kappa shape index (κ2) is 6.33. The number of aliphatic carboxylic acids is 1. The molecule has 3 N–H and O–H groups in total. The van der Waals surface area contributed by atoms with Gasteiger partial charge in [0, 0.05) is 6.54 Å². The number of nitrogens with one attached hydrogen (secondary N) is 2. The fraction of sp³-hybridized carbons (Fsp3) is 0.429. The van der Waals surface area contributed by atoms with Crippen molar-refractivity contribution in [1.82, 2.24) is 10.6 Å². The second-order valence-electron chi connectivity index (χ2n) is 4.90. The summed E-state index contributed by atoms with van der Waals surface area (Å²) in [5.41, 5.74) is 0.893. The summed E-state index contributed by atoms with van der Waals surface area (Å²) < 4.78 is 0. The Morgan fingerprint density at radius 3 is 2.32 bits per heavy atom. The van der Waals surface area contributed by atoms with Crippen LogP contribution in [0.3, 0.4) is 0 Å². The van der Waals surface area contributed by atoms with Gasteiger partial charge in [-0.25, -0.2) is 0 Å². The van der Waals surface area contributed by atoms with E-state index in [0.29, 0.717) is 6.54 Å². The van der Waals surface area contributed by atoms with Gasteiger partial charge in [-0.15, -0.1) is 0 Å². The predicted octanol–water partition coefficient (Wildman–Crippen LogP) is 0.928. The van der Waals surface area contributed by atoms with Crippen LogP contribution in [-0.4, -0.2) is 29.6 Å². The van der Waals surface area contributed by atoms with Crippen molar-refractivity contribution < 1.29 is 14.7 Å². The molecule has 0 saturated heterocycles. The molecule has 0 spiro atoms. The van der Waals surface area contributed by atoms with Crippen LogP contribution in [0.5, 0.6) is 0 Å². The Morgan fingerprint density at radius 2 is 1.79 bits per heavy atom. The van der Waals surface area contributed by atoms with Crippen molar-refractivity contribution in [3.63, 3.8) is 0 Å². The van der Waals surface area contributed by atoms with Gasteiger partial charge in [-0.2, -0.15) is 0 Å². The summed E-state index contributed by atoms with van der Waals surface area (Å²) in [5.74, 6) is -1.01. The van der Waals surface area contributed by atoms with Crippen LogP contribution in [0, 0.1) is 0 Å². The Morgan fingerprint density at radius 1 is 1.21 bits per heavy atom. The van der Waals surface area contributed by atoms with E-state index in [-0.39, 0.29) is 12.3 Å². The first-order valence-corrected chi connectivity index (χ1v) is 6.12. The average Bonchev–Trinajstić information content (AvgIpc) is 2.36. The summed E-state index contributed by atoms with van der Waals surface area (Å²) in [6, 6.07) is 7.21. The highest BCUT2D eigenvalue weighted by Gasteiger charge is 2.24. The smallest absolute Gasteiger partial charge is 0.307 e. The lowest BCUT2D eigenvalue weighted by atomic mass is 10.0. The molecule has 1 rings (SSSR count). The van der Waals surface area contributed by atoms with Crippen molar-refractivity contribution in [2.45, 2.75) is 32.4 Å². The van der Waals surface area contributed by atoms with Crippen LogP contribution >= 0.6 is 0 Å². The monoisotopic (exact) mass is 264 g/mol. The lowest BCUT2D eigenvalue weighted by molar-refractivity contribution is -0.136. The number of amides is 1. The van der Waals surface area contributed by atoms with Crippen molar-refractivity contribution in [2.75, 3.05) is 7.05 Å². The van der Waals surface area contributed by atoms with E-state index in [1.54, 1.807) is 33.0 Å². The number of likely N-dealkylation sites (N-methyl/N-ethyl adjacent to an activating group) is 1. The Hall–Kier alpha value is -1.88. The molecule has 0 fully saturated rings. The Kier molecular flexibility index (Phi) is 5.06. The lowest BCUT2D eigenvalue weighted by Crippen LogP contribution is -2.50. The molecule has 0 bridgehead atoms. The Labute approximate surface area is 113 Å². The summed E-state index contributed by atoms with van der Waals surface area (Å²) in [5, 5.41) is 14.6. The van der Waals surface area contributed by atoms with Crippen molar-refractivity contribution in [1.29, 1.82) is 0 Å². The molecule has 1 aromatic carbocycles. The molecule has 0 radical (unpaired) electrons.